The Bertz CT molecular complexity index is 1420. The number of hydrogen-bond donors (Lipinski definition) is 1. The molecule has 1 N–H and O–H groups in total. The summed E-state index contributed by atoms with van der Waals surface area (Å²) in [4.78, 5) is 38.3. The Morgan fingerprint density at radius 2 is 1.46 bits per heavy atom. The molecule has 3 aromatic carbocycles. The number of carbonyl (C=O) groups is 2. The van der Waals surface area contributed by atoms with E-state index in [-0.39, 0.29) is 11.8 Å². The first-order valence-corrected chi connectivity index (χ1v) is 11.9. The fourth-order valence-electron chi connectivity index (χ4n) is 4.41. The average molecular weight is 498 g/mol. The Balaban J connectivity index is 1.22. The van der Waals surface area contributed by atoms with Gasteiger partial charge in [-0.3, -0.25) is 4.79 Å². The number of urea groups is 1. The summed E-state index contributed by atoms with van der Waals surface area (Å²) in [5, 5.41) is 3.79. The predicted molar refractivity (Wildman–Crippen MR) is 142 cm³/mol. The fraction of sp³-hybridized carbons (Fsp3) is 0.214. The summed E-state index contributed by atoms with van der Waals surface area (Å²) in [6, 6.07) is 19.6. The van der Waals surface area contributed by atoms with E-state index >= 15 is 0 Å². The van der Waals surface area contributed by atoms with E-state index in [0.29, 0.717) is 54.5 Å². The van der Waals surface area contributed by atoms with Gasteiger partial charge in [0.25, 0.3) is 0 Å². The van der Waals surface area contributed by atoms with Crippen molar-refractivity contribution in [3.8, 4) is 11.5 Å². The second-order valence-electron chi connectivity index (χ2n) is 8.60. The van der Waals surface area contributed by atoms with Crippen LogP contribution in [0, 0.1) is 0 Å². The largest absolute Gasteiger partial charge is 0.493 e. The molecule has 4 aromatic rings. The van der Waals surface area contributed by atoms with Crippen molar-refractivity contribution in [1.82, 2.24) is 14.9 Å². The maximum absolute atomic E-state index is 12.9. The van der Waals surface area contributed by atoms with Crippen molar-refractivity contribution in [3.63, 3.8) is 0 Å². The molecule has 0 spiro atoms. The average Bonchev–Trinajstić information content (AvgIpc) is 2.96. The van der Waals surface area contributed by atoms with Crippen molar-refractivity contribution >= 4 is 34.2 Å². The summed E-state index contributed by atoms with van der Waals surface area (Å²) in [6.45, 7) is 2.32. The number of hydrogen-bond acceptors (Lipinski definition) is 7. The van der Waals surface area contributed by atoms with Crippen LogP contribution in [0.5, 0.6) is 11.5 Å². The van der Waals surface area contributed by atoms with Crippen LogP contribution >= 0.6 is 0 Å². The van der Waals surface area contributed by atoms with E-state index in [2.05, 4.69) is 20.2 Å². The minimum absolute atomic E-state index is 0.0529. The first-order valence-electron chi connectivity index (χ1n) is 11.9. The first-order chi connectivity index (χ1) is 18.1. The van der Waals surface area contributed by atoms with Crippen molar-refractivity contribution < 1.29 is 19.1 Å². The molecule has 0 aliphatic carbocycles. The molecule has 1 aromatic heterocycles. The zero-order chi connectivity index (χ0) is 25.8. The van der Waals surface area contributed by atoms with Crippen LogP contribution in [0.2, 0.25) is 0 Å². The lowest BCUT2D eigenvalue weighted by molar-refractivity contribution is 0.103. The van der Waals surface area contributed by atoms with Gasteiger partial charge in [-0.2, -0.15) is 0 Å². The summed E-state index contributed by atoms with van der Waals surface area (Å²) in [5.74, 6) is 1.96. The second kappa shape index (κ2) is 10.5. The Hall–Kier alpha value is -4.66. The molecular formula is C28H27N5O4. The van der Waals surface area contributed by atoms with Crippen LogP contribution in [-0.2, 0) is 0 Å². The van der Waals surface area contributed by atoms with Gasteiger partial charge in [0.05, 0.1) is 19.7 Å². The normalized spacial score (nSPS) is 13.4. The van der Waals surface area contributed by atoms with E-state index in [1.54, 1.807) is 55.5 Å². The van der Waals surface area contributed by atoms with E-state index in [9.17, 15) is 9.59 Å². The number of rotatable bonds is 6. The molecule has 0 unspecified atom stereocenters. The van der Waals surface area contributed by atoms with E-state index in [0.717, 1.165) is 16.7 Å². The molecule has 0 atom stereocenters. The number of ketones is 1. The van der Waals surface area contributed by atoms with Crippen molar-refractivity contribution in [2.45, 2.75) is 0 Å². The summed E-state index contributed by atoms with van der Waals surface area (Å²) < 4.78 is 10.8. The molecule has 0 bridgehead atoms. The topological polar surface area (TPSA) is 96.9 Å². The van der Waals surface area contributed by atoms with E-state index in [1.165, 1.54) is 6.33 Å². The fourth-order valence-corrected chi connectivity index (χ4v) is 4.41. The zero-order valence-corrected chi connectivity index (χ0v) is 20.7. The number of nitrogens with zero attached hydrogens (tertiary/aromatic N) is 4. The SMILES string of the molecule is COc1cc2ncnc(N3CCN(C(=O)Nc4ccc(C(=O)c5ccccc5)cc4)CC3)c2cc1OC. The molecule has 0 saturated carbocycles. The summed E-state index contributed by atoms with van der Waals surface area (Å²) in [6.07, 6.45) is 1.54. The highest BCUT2D eigenvalue weighted by atomic mass is 16.5. The molecule has 9 heteroatoms. The molecule has 1 aliphatic rings. The Labute approximate surface area is 214 Å². The van der Waals surface area contributed by atoms with Gasteiger partial charge in [-0.05, 0) is 30.3 Å². The standard InChI is InChI=1S/C28H27N5O4/c1-36-24-16-22-23(17-25(24)37-2)29-18-30-27(22)32-12-14-33(15-13-32)28(35)31-21-10-8-20(9-11-21)26(34)19-6-4-3-5-7-19/h3-11,16-18H,12-15H2,1-2H3,(H,31,35). The van der Waals surface area contributed by atoms with E-state index < -0.39 is 0 Å². The molecule has 37 heavy (non-hydrogen) atoms. The number of piperazine rings is 1. The molecule has 188 valence electrons. The summed E-state index contributed by atoms with van der Waals surface area (Å²) >= 11 is 0. The van der Waals surface area contributed by atoms with Crippen LogP contribution in [0.1, 0.15) is 15.9 Å². The van der Waals surface area contributed by atoms with Crippen LogP contribution in [0.4, 0.5) is 16.3 Å². The van der Waals surface area contributed by atoms with E-state index in [1.807, 2.05) is 30.3 Å². The van der Waals surface area contributed by atoms with Gasteiger partial charge in [-0.25, -0.2) is 14.8 Å². The molecular weight excluding hydrogens is 470 g/mol. The van der Waals surface area contributed by atoms with E-state index in [4.69, 9.17) is 9.47 Å². The van der Waals surface area contributed by atoms with Gasteiger partial charge < -0.3 is 24.6 Å². The van der Waals surface area contributed by atoms with Gasteiger partial charge in [0.15, 0.2) is 17.3 Å². The maximum atomic E-state index is 12.9. The number of fused-ring (bicyclic) bond motifs is 1. The lowest BCUT2D eigenvalue weighted by Crippen LogP contribution is -2.50. The number of anilines is 2. The number of benzene rings is 3. The molecule has 2 amide bonds. The number of nitrogens with one attached hydrogen (secondary N) is 1. The van der Waals surface area contributed by atoms with Crippen LogP contribution < -0.4 is 19.7 Å². The number of ether oxygens (including phenoxy) is 2. The van der Waals surface area contributed by atoms with Gasteiger partial charge in [0.1, 0.15) is 12.1 Å². The first kappa shape index (κ1) is 24.1. The molecule has 1 aliphatic heterocycles. The van der Waals surface area contributed by atoms with Crippen molar-refractivity contribution in [3.05, 3.63) is 84.2 Å². The highest BCUT2D eigenvalue weighted by molar-refractivity contribution is 6.09. The number of carbonyl (C=O) groups excluding carboxylic acids is 2. The maximum Gasteiger partial charge on any atom is 0.321 e. The number of methoxy groups -OCH3 is 2. The second-order valence-corrected chi connectivity index (χ2v) is 8.60. The third-order valence-electron chi connectivity index (χ3n) is 6.42. The lowest BCUT2D eigenvalue weighted by atomic mass is 10.0. The minimum Gasteiger partial charge on any atom is -0.493 e. The molecule has 1 saturated heterocycles. The van der Waals surface area contributed by atoms with Crippen molar-refractivity contribution in [2.75, 3.05) is 50.6 Å². The van der Waals surface area contributed by atoms with Gasteiger partial charge in [-0.15, -0.1) is 0 Å². The quantitative estimate of drug-likeness (QED) is 0.398. The molecule has 1 fully saturated rings. The highest BCUT2D eigenvalue weighted by Crippen LogP contribution is 2.35. The van der Waals surface area contributed by atoms with Gasteiger partial charge in [0.2, 0.25) is 0 Å². The molecule has 0 radical (unpaired) electrons. The zero-order valence-electron chi connectivity index (χ0n) is 20.7. The van der Waals surface area contributed by atoms with Gasteiger partial charge in [0, 0.05) is 54.4 Å². The van der Waals surface area contributed by atoms with Crippen LogP contribution in [0.25, 0.3) is 10.9 Å². The Kier molecular flexibility index (Phi) is 6.85. The minimum atomic E-state index is -0.180. The highest BCUT2D eigenvalue weighted by Gasteiger charge is 2.24. The van der Waals surface area contributed by atoms with Gasteiger partial charge >= 0.3 is 6.03 Å². The third-order valence-corrected chi connectivity index (χ3v) is 6.42. The Morgan fingerprint density at radius 3 is 2.14 bits per heavy atom. The predicted octanol–water partition coefficient (Wildman–Crippen LogP) is 4.23. The van der Waals surface area contributed by atoms with Crippen molar-refractivity contribution in [1.29, 1.82) is 0 Å². The van der Waals surface area contributed by atoms with Crippen LogP contribution in [0.3, 0.4) is 0 Å². The summed E-state index contributed by atoms with van der Waals surface area (Å²) in [7, 11) is 3.19. The molecule has 5 rings (SSSR count). The van der Waals surface area contributed by atoms with Crippen molar-refractivity contribution in [2.24, 2.45) is 0 Å². The van der Waals surface area contributed by atoms with Gasteiger partial charge in [-0.1, -0.05) is 30.3 Å². The molecule has 2 heterocycles. The number of amides is 2. The smallest absolute Gasteiger partial charge is 0.321 e. The lowest BCUT2D eigenvalue weighted by Gasteiger charge is -2.35. The summed E-state index contributed by atoms with van der Waals surface area (Å²) in [5.41, 5.74) is 2.60. The number of aromatic nitrogens is 2. The van der Waals surface area contributed by atoms with Crippen LogP contribution in [0.15, 0.2) is 73.1 Å². The Morgan fingerprint density at radius 1 is 0.811 bits per heavy atom. The van der Waals surface area contributed by atoms with Crippen LogP contribution in [-0.4, -0.2) is 67.1 Å². The monoisotopic (exact) mass is 497 g/mol. The molecule has 9 nitrogen and oxygen atoms in total. The third kappa shape index (κ3) is 5.02.